The number of hydrogen-bond donors (Lipinski definition) is 1. The van der Waals surface area contributed by atoms with Crippen LogP contribution in [-0.2, 0) is 9.53 Å². The second-order valence-electron chi connectivity index (χ2n) is 2.84. The molecule has 4 nitrogen and oxygen atoms in total. The molecule has 0 aliphatic rings. The minimum absolute atomic E-state index is 0.415. The third-order valence-electron chi connectivity index (χ3n) is 1.88. The van der Waals surface area contributed by atoms with Crippen LogP contribution in [0.4, 0.5) is 0 Å². The van der Waals surface area contributed by atoms with Gasteiger partial charge in [-0.25, -0.2) is 0 Å². The lowest BCUT2D eigenvalue weighted by atomic mass is 10.3. The number of carboxylic acid groups (broad SMARTS) is 1. The Morgan fingerprint density at radius 2 is 2.25 bits per heavy atom. The van der Waals surface area contributed by atoms with E-state index in [2.05, 4.69) is 0 Å². The zero-order valence-corrected chi connectivity index (χ0v) is 7.91. The molecule has 0 fully saturated rings. The van der Waals surface area contributed by atoms with Crippen LogP contribution >= 0.6 is 0 Å². The smallest absolute Gasteiger partial charge is 0.320 e. The number of rotatable bonds is 6. The van der Waals surface area contributed by atoms with Crippen LogP contribution in [0.1, 0.15) is 13.3 Å². The van der Waals surface area contributed by atoms with E-state index in [1.807, 2.05) is 0 Å². The van der Waals surface area contributed by atoms with Gasteiger partial charge in [-0.15, -0.1) is 0 Å². The monoisotopic (exact) mass is 175 g/mol. The Hall–Kier alpha value is -0.610. The van der Waals surface area contributed by atoms with E-state index in [1.165, 1.54) is 0 Å². The molecule has 0 aromatic rings. The van der Waals surface area contributed by atoms with Crippen LogP contribution < -0.4 is 0 Å². The van der Waals surface area contributed by atoms with Crippen molar-refractivity contribution in [3.63, 3.8) is 0 Å². The number of likely N-dealkylation sites (N-methyl/N-ethyl adjacent to an activating group) is 1. The molecule has 1 unspecified atom stereocenters. The van der Waals surface area contributed by atoms with E-state index < -0.39 is 12.0 Å². The van der Waals surface area contributed by atoms with E-state index in [0.717, 1.165) is 13.0 Å². The van der Waals surface area contributed by atoms with Crippen molar-refractivity contribution in [2.75, 3.05) is 27.3 Å². The van der Waals surface area contributed by atoms with Gasteiger partial charge in [0.15, 0.2) is 0 Å². The molecule has 1 atom stereocenters. The highest BCUT2D eigenvalue weighted by Gasteiger charge is 2.15. The van der Waals surface area contributed by atoms with Crippen molar-refractivity contribution in [3.8, 4) is 0 Å². The molecule has 0 amide bonds. The maximum absolute atomic E-state index is 10.5. The van der Waals surface area contributed by atoms with Gasteiger partial charge in [0.2, 0.25) is 0 Å². The maximum Gasteiger partial charge on any atom is 0.320 e. The number of nitrogens with zero attached hydrogens (tertiary/aromatic N) is 1. The normalized spacial score (nSPS) is 13.3. The first kappa shape index (κ1) is 11.4. The Kier molecular flexibility index (Phi) is 5.66. The van der Waals surface area contributed by atoms with Crippen LogP contribution in [0.3, 0.4) is 0 Å². The van der Waals surface area contributed by atoms with Crippen molar-refractivity contribution in [1.82, 2.24) is 4.90 Å². The number of hydrogen-bond acceptors (Lipinski definition) is 3. The van der Waals surface area contributed by atoms with Crippen molar-refractivity contribution in [2.24, 2.45) is 0 Å². The average molecular weight is 175 g/mol. The standard InChI is InChI=1S/C8H17NO3/c1-7(8(10)11)9(2)5-4-6-12-3/h7H,4-6H2,1-3H3,(H,10,11). The summed E-state index contributed by atoms with van der Waals surface area (Å²) in [6.07, 6.45) is 0.866. The molecule has 12 heavy (non-hydrogen) atoms. The zero-order valence-electron chi connectivity index (χ0n) is 7.91. The lowest BCUT2D eigenvalue weighted by Gasteiger charge is -2.20. The molecule has 0 heterocycles. The summed E-state index contributed by atoms with van der Waals surface area (Å²) in [6, 6.07) is -0.415. The van der Waals surface area contributed by atoms with Gasteiger partial charge < -0.3 is 9.84 Å². The molecule has 0 saturated heterocycles. The first-order valence-electron chi connectivity index (χ1n) is 4.01. The van der Waals surface area contributed by atoms with E-state index in [9.17, 15) is 4.79 Å². The van der Waals surface area contributed by atoms with Crippen LogP contribution in [0, 0.1) is 0 Å². The zero-order chi connectivity index (χ0) is 9.56. The minimum atomic E-state index is -0.782. The first-order valence-corrected chi connectivity index (χ1v) is 4.01. The van der Waals surface area contributed by atoms with Gasteiger partial charge in [-0.3, -0.25) is 9.69 Å². The van der Waals surface area contributed by atoms with Gasteiger partial charge in [-0.2, -0.15) is 0 Å². The molecule has 4 heteroatoms. The molecule has 0 spiro atoms. The fraction of sp³-hybridized carbons (Fsp3) is 0.875. The minimum Gasteiger partial charge on any atom is -0.480 e. The molecule has 0 aliphatic heterocycles. The SMILES string of the molecule is COCCCN(C)C(C)C(=O)O. The molecule has 0 aromatic carbocycles. The second-order valence-corrected chi connectivity index (χ2v) is 2.84. The predicted molar refractivity (Wildman–Crippen MR) is 46.2 cm³/mol. The van der Waals surface area contributed by atoms with Crippen LogP contribution in [0.15, 0.2) is 0 Å². The number of aliphatic carboxylic acids is 1. The third-order valence-corrected chi connectivity index (χ3v) is 1.88. The molecule has 0 aliphatic carbocycles. The molecule has 0 aromatic heterocycles. The summed E-state index contributed by atoms with van der Waals surface area (Å²) in [5.74, 6) is -0.782. The van der Waals surface area contributed by atoms with E-state index in [-0.39, 0.29) is 0 Å². The number of carbonyl (C=O) groups is 1. The quantitative estimate of drug-likeness (QED) is 0.595. The third kappa shape index (κ3) is 4.31. The predicted octanol–water partition coefficient (Wildman–Crippen LogP) is 0.428. The molecule has 72 valence electrons. The van der Waals surface area contributed by atoms with Crippen molar-refractivity contribution in [1.29, 1.82) is 0 Å². The molecular weight excluding hydrogens is 158 g/mol. The van der Waals surface area contributed by atoms with E-state index >= 15 is 0 Å². The maximum atomic E-state index is 10.5. The largest absolute Gasteiger partial charge is 0.480 e. The second kappa shape index (κ2) is 5.97. The van der Waals surface area contributed by atoms with Gasteiger partial charge in [0.25, 0.3) is 0 Å². The van der Waals surface area contributed by atoms with Crippen LogP contribution in [0.2, 0.25) is 0 Å². The van der Waals surface area contributed by atoms with Crippen LogP contribution in [0.5, 0.6) is 0 Å². The van der Waals surface area contributed by atoms with Gasteiger partial charge in [0.05, 0.1) is 0 Å². The summed E-state index contributed by atoms with van der Waals surface area (Å²) in [4.78, 5) is 12.3. The Bertz CT molecular complexity index is 138. The summed E-state index contributed by atoms with van der Waals surface area (Å²) >= 11 is 0. The summed E-state index contributed by atoms with van der Waals surface area (Å²) in [5, 5.41) is 8.64. The Morgan fingerprint density at radius 3 is 2.67 bits per heavy atom. The molecule has 0 bridgehead atoms. The summed E-state index contributed by atoms with van der Waals surface area (Å²) in [7, 11) is 3.44. The van der Waals surface area contributed by atoms with Gasteiger partial charge >= 0.3 is 5.97 Å². The van der Waals surface area contributed by atoms with E-state index in [1.54, 1.807) is 26.0 Å². The van der Waals surface area contributed by atoms with Crippen LogP contribution in [0.25, 0.3) is 0 Å². The molecule has 0 radical (unpaired) electrons. The Balaban J connectivity index is 3.56. The van der Waals surface area contributed by atoms with Gasteiger partial charge in [0, 0.05) is 20.3 Å². The summed E-state index contributed by atoms with van der Waals surface area (Å²) in [6.45, 7) is 3.10. The highest BCUT2D eigenvalue weighted by atomic mass is 16.5. The lowest BCUT2D eigenvalue weighted by molar-refractivity contribution is -0.142. The van der Waals surface area contributed by atoms with Crippen molar-refractivity contribution in [3.05, 3.63) is 0 Å². The van der Waals surface area contributed by atoms with E-state index in [0.29, 0.717) is 6.61 Å². The highest BCUT2D eigenvalue weighted by Crippen LogP contribution is 1.96. The molecular formula is C8H17NO3. The van der Waals surface area contributed by atoms with Crippen LogP contribution in [-0.4, -0.2) is 49.3 Å². The lowest BCUT2D eigenvalue weighted by Crippen LogP contribution is -2.36. The summed E-state index contributed by atoms with van der Waals surface area (Å²) < 4.78 is 4.86. The van der Waals surface area contributed by atoms with Crippen molar-refractivity contribution >= 4 is 5.97 Å². The molecule has 1 N–H and O–H groups in total. The fourth-order valence-electron chi connectivity index (χ4n) is 0.840. The highest BCUT2D eigenvalue weighted by molar-refractivity contribution is 5.72. The molecule has 0 saturated carbocycles. The van der Waals surface area contributed by atoms with Crippen molar-refractivity contribution in [2.45, 2.75) is 19.4 Å². The van der Waals surface area contributed by atoms with E-state index in [4.69, 9.17) is 9.84 Å². The van der Waals surface area contributed by atoms with Gasteiger partial charge in [-0.1, -0.05) is 0 Å². The molecule has 0 rings (SSSR count). The average Bonchev–Trinajstić information content (AvgIpc) is 2.03. The van der Waals surface area contributed by atoms with Gasteiger partial charge in [-0.05, 0) is 20.4 Å². The Morgan fingerprint density at radius 1 is 1.67 bits per heavy atom. The number of ether oxygens (including phenoxy) is 1. The van der Waals surface area contributed by atoms with Gasteiger partial charge in [0.1, 0.15) is 6.04 Å². The topological polar surface area (TPSA) is 49.8 Å². The van der Waals surface area contributed by atoms with Crippen molar-refractivity contribution < 1.29 is 14.6 Å². The number of carboxylic acids is 1. The first-order chi connectivity index (χ1) is 5.59. The Labute approximate surface area is 73.1 Å². The number of methoxy groups -OCH3 is 1. The summed E-state index contributed by atoms with van der Waals surface area (Å²) in [5.41, 5.74) is 0. The fourth-order valence-corrected chi connectivity index (χ4v) is 0.840.